The molecule has 0 spiro atoms. The van der Waals surface area contributed by atoms with E-state index in [4.69, 9.17) is 23.2 Å². The van der Waals surface area contributed by atoms with E-state index in [0.717, 1.165) is 4.70 Å². The van der Waals surface area contributed by atoms with Crippen LogP contribution in [0.25, 0.3) is 10.2 Å². The predicted octanol–water partition coefficient (Wildman–Crippen LogP) is 4.63. The Morgan fingerprint density at radius 2 is 2.00 bits per heavy atom. The normalized spacial score (nSPS) is 11.3. The van der Waals surface area contributed by atoms with Crippen molar-refractivity contribution in [2.45, 2.75) is 19.9 Å². The van der Waals surface area contributed by atoms with Crippen LogP contribution in [0.2, 0.25) is 10.0 Å². The number of fused-ring (bicyclic) bond motifs is 1. The fourth-order valence-electron chi connectivity index (χ4n) is 1.91. The zero-order valence-electron chi connectivity index (χ0n) is 11.8. The van der Waals surface area contributed by atoms with Crippen molar-refractivity contribution in [2.75, 3.05) is 5.32 Å². The van der Waals surface area contributed by atoms with Crippen molar-refractivity contribution < 1.29 is 4.79 Å². The zero-order chi connectivity index (χ0) is 15.9. The Morgan fingerprint density at radius 3 is 2.64 bits per heavy atom. The average Bonchev–Trinajstić information content (AvgIpc) is 3.10. The SMILES string of the molecule is CC(C)n1ccc(C(=O)Nc2nc3c(Cl)ccc(Cl)c3s2)n1. The van der Waals surface area contributed by atoms with Crippen molar-refractivity contribution in [3.63, 3.8) is 0 Å². The van der Waals surface area contributed by atoms with Crippen LogP contribution in [0.4, 0.5) is 5.13 Å². The summed E-state index contributed by atoms with van der Waals surface area (Å²) >= 11 is 13.5. The molecule has 0 saturated carbocycles. The van der Waals surface area contributed by atoms with Crippen LogP contribution in [0.5, 0.6) is 0 Å². The summed E-state index contributed by atoms with van der Waals surface area (Å²) in [7, 11) is 0. The summed E-state index contributed by atoms with van der Waals surface area (Å²) in [5.41, 5.74) is 0.923. The van der Waals surface area contributed by atoms with E-state index in [-0.39, 0.29) is 11.9 Å². The first-order valence-corrected chi connectivity index (χ1v) is 8.14. The van der Waals surface area contributed by atoms with Gasteiger partial charge in [-0.25, -0.2) is 4.98 Å². The first-order chi connectivity index (χ1) is 10.5. The molecule has 0 radical (unpaired) electrons. The molecule has 0 aliphatic carbocycles. The number of rotatable bonds is 3. The highest BCUT2D eigenvalue weighted by Gasteiger charge is 2.15. The summed E-state index contributed by atoms with van der Waals surface area (Å²) in [5.74, 6) is -0.314. The smallest absolute Gasteiger partial charge is 0.277 e. The van der Waals surface area contributed by atoms with Gasteiger partial charge in [-0.2, -0.15) is 5.10 Å². The van der Waals surface area contributed by atoms with Crippen LogP contribution in [0.1, 0.15) is 30.4 Å². The Balaban J connectivity index is 1.87. The summed E-state index contributed by atoms with van der Waals surface area (Å²) < 4.78 is 2.47. The Labute approximate surface area is 140 Å². The van der Waals surface area contributed by atoms with Gasteiger partial charge in [0.1, 0.15) is 5.52 Å². The standard InChI is InChI=1S/C14H12Cl2N4OS/c1-7(2)20-6-5-10(19-20)13(21)18-14-17-11-8(15)3-4-9(16)12(11)22-14/h3-7H,1-2H3,(H,17,18,21). The molecular weight excluding hydrogens is 343 g/mol. The molecule has 0 fully saturated rings. The Hall–Kier alpha value is -1.63. The highest BCUT2D eigenvalue weighted by molar-refractivity contribution is 7.23. The molecule has 3 rings (SSSR count). The number of benzene rings is 1. The second-order valence-electron chi connectivity index (χ2n) is 4.95. The Kier molecular flexibility index (Phi) is 4.08. The highest BCUT2D eigenvalue weighted by Crippen LogP contribution is 2.36. The molecule has 1 N–H and O–H groups in total. The minimum absolute atomic E-state index is 0.196. The number of amides is 1. The molecule has 0 atom stereocenters. The number of halogens is 2. The molecule has 2 heterocycles. The Morgan fingerprint density at radius 1 is 1.27 bits per heavy atom. The maximum absolute atomic E-state index is 12.2. The van der Waals surface area contributed by atoms with Crippen molar-refractivity contribution in [2.24, 2.45) is 0 Å². The third kappa shape index (κ3) is 2.82. The maximum atomic E-state index is 12.2. The van der Waals surface area contributed by atoms with Gasteiger partial charge in [0.2, 0.25) is 0 Å². The maximum Gasteiger partial charge on any atom is 0.277 e. The Bertz CT molecular complexity index is 817. The molecule has 0 aliphatic rings. The predicted molar refractivity (Wildman–Crippen MR) is 90.2 cm³/mol. The highest BCUT2D eigenvalue weighted by atomic mass is 35.5. The molecule has 22 heavy (non-hydrogen) atoms. The van der Waals surface area contributed by atoms with Crippen molar-refractivity contribution in [3.8, 4) is 0 Å². The van der Waals surface area contributed by atoms with Crippen LogP contribution in [0.3, 0.4) is 0 Å². The van der Waals surface area contributed by atoms with E-state index >= 15 is 0 Å². The monoisotopic (exact) mass is 354 g/mol. The van der Waals surface area contributed by atoms with Crippen LogP contribution in [0.15, 0.2) is 24.4 Å². The number of thiazole rings is 1. The van der Waals surface area contributed by atoms with Crippen LogP contribution in [-0.4, -0.2) is 20.7 Å². The van der Waals surface area contributed by atoms with E-state index in [1.54, 1.807) is 29.1 Å². The zero-order valence-corrected chi connectivity index (χ0v) is 14.1. The van der Waals surface area contributed by atoms with Crippen molar-refractivity contribution in [3.05, 3.63) is 40.1 Å². The van der Waals surface area contributed by atoms with E-state index in [9.17, 15) is 4.79 Å². The number of hydrogen-bond acceptors (Lipinski definition) is 4. The molecule has 1 amide bonds. The number of carbonyl (C=O) groups excluding carboxylic acids is 1. The minimum atomic E-state index is -0.314. The van der Waals surface area contributed by atoms with Gasteiger partial charge >= 0.3 is 0 Å². The van der Waals surface area contributed by atoms with Gasteiger partial charge in [-0.3, -0.25) is 14.8 Å². The number of nitrogens with one attached hydrogen (secondary N) is 1. The first kappa shape index (κ1) is 15.3. The average molecular weight is 355 g/mol. The quantitative estimate of drug-likeness (QED) is 0.745. The lowest BCUT2D eigenvalue weighted by Gasteiger charge is -2.03. The molecular formula is C14H12Cl2N4OS. The van der Waals surface area contributed by atoms with Gasteiger partial charge < -0.3 is 0 Å². The number of aromatic nitrogens is 3. The molecule has 8 heteroatoms. The second-order valence-corrected chi connectivity index (χ2v) is 6.77. The van der Waals surface area contributed by atoms with Crippen molar-refractivity contribution in [1.82, 2.24) is 14.8 Å². The number of nitrogens with zero attached hydrogens (tertiary/aromatic N) is 3. The fourth-order valence-corrected chi connectivity index (χ4v) is 3.32. The molecule has 1 aromatic carbocycles. The van der Waals surface area contributed by atoms with Crippen LogP contribution < -0.4 is 5.32 Å². The van der Waals surface area contributed by atoms with E-state index in [2.05, 4.69) is 15.4 Å². The van der Waals surface area contributed by atoms with Gasteiger partial charge in [-0.15, -0.1) is 0 Å². The van der Waals surface area contributed by atoms with Gasteiger partial charge in [-0.1, -0.05) is 34.5 Å². The fraction of sp³-hybridized carbons (Fsp3) is 0.214. The summed E-state index contributed by atoms with van der Waals surface area (Å²) in [6.45, 7) is 3.98. The van der Waals surface area contributed by atoms with E-state index in [1.807, 2.05) is 13.8 Å². The number of anilines is 1. The molecule has 5 nitrogen and oxygen atoms in total. The summed E-state index contributed by atoms with van der Waals surface area (Å²) in [5, 5.41) is 8.45. The number of hydrogen-bond donors (Lipinski definition) is 1. The van der Waals surface area contributed by atoms with E-state index < -0.39 is 0 Å². The minimum Gasteiger partial charge on any atom is -0.296 e. The summed E-state index contributed by atoms with van der Waals surface area (Å²) in [4.78, 5) is 16.5. The van der Waals surface area contributed by atoms with Crippen LogP contribution in [0, 0.1) is 0 Å². The molecule has 3 aromatic rings. The van der Waals surface area contributed by atoms with Gasteiger partial charge in [-0.05, 0) is 32.0 Å². The second kappa shape index (κ2) is 5.87. The van der Waals surface area contributed by atoms with Crippen molar-refractivity contribution in [1.29, 1.82) is 0 Å². The van der Waals surface area contributed by atoms with E-state index in [1.165, 1.54) is 11.3 Å². The lowest BCUT2D eigenvalue weighted by molar-refractivity contribution is 0.102. The molecule has 0 unspecified atom stereocenters. The van der Waals surface area contributed by atoms with Crippen LogP contribution >= 0.6 is 34.5 Å². The first-order valence-electron chi connectivity index (χ1n) is 6.56. The van der Waals surface area contributed by atoms with Gasteiger partial charge in [0, 0.05) is 12.2 Å². The number of carbonyl (C=O) groups is 1. The lowest BCUT2D eigenvalue weighted by Crippen LogP contribution is -2.13. The third-order valence-corrected chi connectivity index (χ3v) is 4.77. The third-order valence-electron chi connectivity index (χ3n) is 3.04. The lowest BCUT2D eigenvalue weighted by atomic mass is 10.3. The van der Waals surface area contributed by atoms with Crippen LogP contribution in [-0.2, 0) is 0 Å². The van der Waals surface area contributed by atoms with Gasteiger partial charge in [0.25, 0.3) is 5.91 Å². The van der Waals surface area contributed by atoms with Crippen molar-refractivity contribution >= 4 is 55.8 Å². The van der Waals surface area contributed by atoms with E-state index in [0.29, 0.717) is 26.4 Å². The summed E-state index contributed by atoms with van der Waals surface area (Å²) in [6.07, 6.45) is 1.77. The van der Waals surface area contributed by atoms with Gasteiger partial charge in [0.15, 0.2) is 10.8 Å². The molecule has 114 valence electrons. The van der Waals surface area contributed by atoms with Gasteiger partial charge in [0.05, 0.1) is 14.7 Å². The molecule has 2 aromatic heterocycles. The molecule has 0 aliphatic heterocycles. The molecule has 0 saturated heterocycles. The molecule has 0 bridgehead atoms. The largest absolute Gasteiger partial charge is 0.296 e. The topological polar surface area (TPSA) is 59.8 Å². The summed E-state index contributed by atoms with van der Waals surface area (Å²) in [6, 6.07) is 5.26.